The highest BCUT2D eigenvalue weighted by Gasteiger charge is 2.52. The molecule has 0 radical (unpaired) electrons. The molecule has 1 saturated heterocycles. The van der Waals surface area contributed by atoms with E-state index in [9.17, 15) is 13.6 Å². The van der Waals surface area contributed by atoms with Crippen LogP contribution in [0.3, 0.4) is 0 Å². The van der Waals surface area contributed by atoms with Crippen molar-refractivity contribution >= 4 is 18.5 Å². The highest BCUT2D eigenvalue weighted by Crippen LogP contribution is 2.36. The summed E-state index contributed by atoms with van der Waals surface area (Å²) in [5.74, 6) is -1.71. The maximum atomic E-state index is 14.6. The van der Waals surface area contributed by atoms with Crippen LogP contribution in [0.4, 0.5) is 8.78 Å². The number of hydrogen-bond donors (Lipinski definition) is 1. The van der Waals surface area contributed by atoms with E-state index in [-0.39, 0.29) is 23.4 Å². The van der Waals surface area contributed by atoms with Crippen molar-refractivity contribution in [2.75, 3.05) is 0 Å². The summed E-state index contributed by atoms with van der Waals surface area (Å²) in [6.07, 6.45) is -0.251. The molecule has 0 spiro atoms. The second kappa shape index (κ2) is 7.64. The van der Waals surface area contributed by atoms with E-state index in [2.05, 4.69) is 5.32 Å². The number of hydrogen-bond acceptors (Lipinski definition) is 3. The molecule has 1 aliphatic rings. The Labute approximate surface area is 164 Å². The molecular formula is C21H24BF2NO3. The van der Waals surface area contributed by atoms with Crippen molar-refractivity contribution in [1.29, 1.82) is 0 Å². The fourth-order valence-corrected chi connectivity index (χ4v) is 2.92. The van der Waals surface area contributed by atoms with Crippen LogP contribution >= 0.6 is 0 Å². The van der Waals surface area contributed by atoms with Gasteiger partial charge in [-0.05, 0) is 51.0 Å². The lowest BCUT2D eigenvalue weighted by Crippen LogP contribution is -2.41. The van der Waals surface area contributed by atoms with Crippen LogP contribution in [0.25, 0.3) is 0 Å². The van der Waals surface area contributed by atoms with Crippen molar-refractivity contribution in [3.8, 4) is 0 Å². The zero-order valence-corrected chi connectivity index (χ0v) is 16.5. The van der Waals surface area contributed by atoms with Crippen molar-refractivity contribution < 1.29 is 22.9 Å². The second-order valence-electron chi connectivity index (χ2n) is 7.99. The zero-order chi connectivity index (χ0) is 20.5. The molecule has 7 heteroatoms. The number of rotatable bonds is 5. The van der Waals surface area contributed by atoms with Gasteiger partial charge < -0.3 is 14.6 Å². The van der Waals surface area contributed by atoms with Crippen LogP contribution in [-0.4, -0.2) is 24.2 Å². The third-order valence-corrected chi connectivity index (χ3v) is 5.36. The Kier molecular flexibility index (Phi) is 5.59. The van der Waals surface area contributed by atoms with Gasteiger partial charge in [-0.1, -0.05) is 30.3 Å². The summed E-state index contributed by atoms with van der Waals surface area (Å²) >= 11 is 0. The molecule has 1 amide bonds. The Morgan fingerprint density at radius 1 is 1.00 bits per heavy atom. The molecule has 1 heterocycles. The molecular weight excluding hydrogens is 363 g/mol. The summed E-state index contributed by atoms with van der Waals surface area (Å²) in [6.45, 7) is 7.69. The largest absolute Gasteiger partial charge is 0.497 e. The number of benzene rings is 2. The first-order valence-electron chi connectivity index (χ1n) is 9.23. The third kappa shape index (κ3) is 4.26. The van der Waals surface area contributed by atoms with Gasteiger partial charge in [0.15, 0.2) is 0 Å². The van der Waals surface area contributed by atoms with Gasteiger partial charge in [0.25, 0.3) is 0 Å². The first kappa shape index (κ1) is 20.5. The first-order valence-corrected chi connectivity index (χ1v) is 9.23. The van der Waals surface area contributed by atoms with Gasteiger partial charge >= 0.3 is 7.12 Å². The monoisotopic (exact) mass is 387 g/mol. The van der Waals surface area contributed by atoms with Crippen LogP contribution in [0.5, 0.6) is 0 Å². The third-order valence-electron chi connectivity index (χ3n) is 5.36. The van der Waals surface area contributed by atoms with Gasteiger partial charge in [-0.2, -0.15) is 0 Å². The summed E-state index contributed by atoms with van der Waals surface area (Å²) in [4.78, 5) is 12.1. The molecule has 4 nitrogen and oxygen atoms in total. The Morgan fingerprint density at radius 3 is 2.21 bits per heavy atom. The quantitative estimate of drug-likeness (QED) is 0.803. The molecule has 0 saturated carbocycles. The fourth-order valence-electron chi connectivity index (χ4n) is 2.92. The van der Waals surface area contributed by atoms with E-state index in [1.807, 2.05) is 58.0 Å². The van der Waals surface area contributed by atoms with Gasteiger partial charge in [0.1, 0.15) is 11.6 Å². The van der Waals surface area contributed by atoms with Crippen molar-refractivity contribution in [3.05, 3.63) is 65.2 Å². The Balaban J connectivity index is 1.69. The Hall–Kier alpha value is -2.25. The molecule has 1 N–H and O–H groups in total. The predicted molar refractivity (Wildman–Crippen MR) is 104 cm³/mol. The summed E-state index contributed by atoms with van der Waals surface area (Å²) in [5, 5.41) is 2.71. The molecule has 28 heavy (non-hydrogen) atoms. The van der Waals surface area contributed by atoms with Gasteiger partial charge in [0.05, 0.1) is 17.6 Å². The highest BCUT2D eigenvalue weighted by molar-refractivity contribution is 6.62. The predicted octanol–water partition coefficient (Wildman–Crippen LogP) is 3.12. The topological polar surface area (TPSA) is 47.6 Å². The Morgan fingerprint density at radius 2 is 1.61 bits per heavy atom. The van der Waals surface area contributed by atoms with E-state index in [0.29, 0.717) is 6.54 Å². The fraction of sp³-hybridized carbons (Fsp3) is 0.381. The minimum Gasteiger partial charge on any atom is -0.399 e. The van der Waals surface area contributed by atoms with Crippen molar-refractivity contribution in [1.82, 2.24) is 5.32 Å². The van der Waals surface area contributed by atoms with Crippen molar-refractivity contribution in [2.24, 2.45) is 0 Å². The van der Waals surface area contributed by atoms with E-state index < -0.39 is 30.0 Å². The normalized spacial score (nSPS) is 17.6. The summed E-state index contributed by atoms with van der Waals surface area (Å²) in [6, 6.07) is 11.5. The molecule has 148 valence electrons. The van der Waals surface area contributed by atoms with Crippen LogP contribution < -0.4 is 10.8 Å². The van der Waals surface area contributed by atoms with Gasteiger partial charge in [-0.25, -0.2) is 8.78 Å². The molecule has 0 atom stereocenters. The van der Waals surface area contributed by atoms with E-state index >= 15 is 0 Å². The molecule has 0 aliphatic carbocycles. The maximum absolute atomic E-state index is 14.6. The highest BCUT2D eigenvalue weighted by atomic mass is 19.1. The second-order valence-corrected chi connectivity index (χ2v) is 7.99. The number of halogens is 2. The van der Waals surface area contributed by atoms with E-state index in [1.165, 1.54) is 0 Å². The molecule has 0 bridgehead atoms. The van der Waals surface area contributed by atoms with Crippen LogP contribution in [0, 0.1) is 11.6 Å². The first-order chi connectivity index (χ1) is 13.1. The minimum absolute atomic E-state index is 0.00964. The Bertz CT molecular complexity index is 855. The lowest BCUT2D eigenvalue weighted by atomic mass is 9.78. The molecule has 0 unspecified atom stereocenters. The van der Waals surface area contributed by atoms with Crippen LogP contribution in [0.1, 0.15) is 38.8 Å². The number of nitrogens with one attached hydrogen (secondary N) is 1. The van der Waals surface area contributed by atoms with Gasteiger partial charge in [-0.15, -0.1) is 0 Å². The van der Waals surface area contributed by atoms with E-state index in [0.717, 1.165) is 17.7 Å². The van der Waals surface area contributed by atoms with Crippen molar-refractivity contribution in [3.63, 3.8) is 0 Å². The van der Waals surface area contributed by atoms with Crippen LogP contribution in [0.15, 0.2) is 42.5 Å². The SMILES string of the molecule is CC1(C)OB(c2cc(F)c(CC(=O)NCc3ccccc3)cc2F)OC1(C)C. The van der Waals surface area contributed by atoms with Crippen LogP contribution in [-0.2, 0) is 27.1 Å². The van der Waals surface area contributed by atoms with E-state index in [1.54, 1.807) is 0 Å². The number of carbonyl (C=O) groups is 1. The number of carbonyl (C=O) groups excluding carboxylic acids is 1. The molecule has 1 aliphatic heterocycles. The zero-order valence-electron chi connectivity index (χ0n) is 16.5. The van der Waals surface area contributed by atoms with Gasteiger partial charge in [-0.3, -0.25) is 4.79 Å². The average molecular weight is 387 g/mol. The minimum atomic E-state index is -1.000. The standard InChI is InChI=1S/C21H24BF2NO3/c1-20(2)21(3,4)28-22(27-20)16-12-17(23)15(10-18(16)24)11-19(26)25-13-14-8-6-5-7-9-14/h5-10,12H,11,13H2,1-4H3,(H,25,26). The summed E-state index contributed by atoms with van der Waals surface area (Å²) in [7, 11) is -1.000. The lowest BCUT2D eigenvalue weighted by Gasteiger charge is -2.32. The summed E-state index contributed by atoms with van der Waals surface area (Å²) in [5.41, 5.74) is -0.404. The number of amides is 1. The van der Waals surface area contributed by atoms with Crippen molar-refractivity contribution in [2.45, 2.75) is 51.9 Å². The molecule has 0 aromatic heterocycles. The molecule has 1 fully saturated rings. The smallest absolute Gasteiger partial charge is 0.399 e. The average Bonchev–Trinajstić information content (AvgIpc) is 2.84. The molecule has 3 rings (SSSR count). The van der Waals surface area contributed by atoms with Crippen LogP contribution in [0.2, 0.25) is 0 Å². The molecule has 2 aromatic carbocycles. The summed E-state index contributed by atoms with van der Waals surface area (Å²) < 4.78 is 40.7. The lowest BCUT2D eigenvalue weighted by molar-refractivity contribution is -0.120. The van der Waals surface area contributed by atoms with Gasteiger partial charge in [0.2, 0.25) is 5.91 Å². The van der Waals surface area contributed by atoms with E-state index in [4.69, 9.17) is 9.31 Å². The maximum Gasteiger partial charge on any atom is 0.497 e. The van der Waals surface area contributed by atoms with Gasteiger partial charge in [0, 0.05) is 12.0 Å². The molecule has 2 aromatic rings.